The maximum atomic E-state index is 13.5. The van der Waals surface area contributed by atoms with E-state index in [2.05, 4.69) is 45.3 Å². The Morgan fingerprint density at radius 3 is 2.58 bits per heavy atom. The van der Waals surface area contributed by atoms with Crippen molar-refractivity contribution in [3.8, 4) is 5.75 Å². The van der Waals surface area contributed by atoms with Crippen LogP contribution in [0.4, 0.5) is 16.2 Å². The topological polar surface area (TPSA) is 94.1 Å². The molecule has 0 radical (unpaired) electrons. The third-order valence-corrected chi connectivity index (χ3v) is 6.04. The normalized spacial score (nSPS) is 17.5. The lowest BCUT2D eigenvalue weighted by Gasteiger charge is -2.42. The van der Waals surface area contributed by atoms with Crippen LogP contribution in [0.3, 0.4) is 0 Å². The van der Waals surface area contributed by atoms with E-state index in [0.29, 0.717) is 34.7 Å². The first-order valence-corrected chi connectivity index (χ1v) is 11.9. The number of anilines is 2. The fraction of sp³-hybridized carbons (Fsp3) is 0.417. The highest BCUT2D eigenvalue weighted by Gasteiger charge is 2.52. The molecule has 0 fully saturated rings. The van der Waals surface area contributed by atoms with E-state index in [9.17, 15) is 14.7 Å². The molecule has 33 heavy (non-hydrogen) atoms. The van der Waals surface area contributed by atoms with E-state index in [1.54, 1.807) is 42.5 Å². The van der Waals surface area contributed by atoms with Crippen molar-refractivity contribution in [2.24, 2.45) is 0 Å². The van der Waals surface area contributed by atoms with Gasteiger partial charge in [0, 0.05) is 29.2 Å². The first-order chi connectivity index (χ1) is 15.8. The lowest BCUT2D eigenvalue weighted by atomic mass is 9.94. The van der Waals surface area contributed by atoms with Gasteiger partial charge in [0.2, 0.25) is 0 Å². The number of halogens is 1. The third-order valence-electron chi connectivity index (χ3n) is 5.55. The van der Waals surface area contributed by atoms with Crippen LogP contribution in [0.5, 0.6) is 5.75 Å². The summed E-state index contributed by atoms with van der Waals surface area (Å²) in [5.74, 6) is -0.176. The van der Waals surface area contributed by atoms with Gasteiger partial charge in [-0.3, -0.25) is 9.69 Å². The van der Waals surface area contributed by atoms with Gasteiger partial charge >= 0.3 is 6.03 Å². The smallest absolute Gasteiger partial charge is 0.329 e. The zero-order chi connectivity index (χ0) is 24.0. The maximum Gasteiger partial charge on any atom is 0.329 e. The lowest BCUT2D eigenvalue weighted by Crippen LogP contribution is -2.63. The van der Waals surface area contributed by atoms with Crippen molar-refractivity contribution in [1.29, 1.82) is 0 Å². The van der Waals surface area contributed by atoms with Gasteiger partial charge in [-0.05, 0) is 56.3 Å². The highest BCUT2D eigenvalue weighted by atomic mass is 79.9. The van der Waals surface area contributed by atoms with E-state index in [0.717, 1.165) is 30.8 Å². The minimum absolute atomic E-state index is 0.274. The molecular weight excluding hydrogens is 488 g/mol. The van der Waals surface area contributed by atoms with Gasteiger partial charge < -0.3 is 25.4 Å². The molecule has 178 valence electrons. The van der Waals surface area contributed by atoms with Crippen molar-refractivity contribution in [3.63, 3.8) is 0 Å². The zero-order valence-corrected chi connectivity index (χ0v) is 20.8. The second kappa shape index (κ2) is 11.0. The summed E-state index contributed by atoms with van der Waals surface area (Å²) < 4.78 is 5.95. The summed E-state index contributed by atoms with van der Waals surface area (Å²) >= 11 is 3.41. The molecule has 8 nitrogen and oxygen atoms in total. The minimum atomic E-state index is -2.26. The van der Waals surface area contributed by atoms with Gasteiger partial charge in [0.1, 0.15) is 5.75 Å². The molecule has 1 atom stereocenters. The second-order valence-corrected chi connectivity index (χ2v) is 8.84. The SMILES string of the molecule is CCCN(CCC)CCNC(=O)[C@@]1(O)c2cc(Br)ccc2NC(=O)N1c1cccc(OC)c1. The molecule has 0 spiro atoms. The Morgan fingerprint density at radius 2 is 1.91 bits per heavy atom. The molecule has 0 saturated carbocycles. The molecule has 0 aromatic heterocycles. The highest BCUT2D eigenvalue weighted by molar-refractivity contribution is 9.10. The summed E-state index contributed by atoms with van der Waals surface area (Å²) in [6.07, 6.45) is 2.03. The number of amides is 3. The molecule has 3 rings (SSSR count). The Kier molecular flexibility index (Phi) is 8.34. The number of aliphatic hydroxyl groups is 1. The van der Waals surface area contributed by atoms with Crippen molar-refractivity contribution >= 4 is 39.2 Å². The van der Waals surface area contributed by atoms with Gasteiger partial charge in [-0.1, -0.05) is 35.8 Å². The summed E-state index contributed by atoms with van der Waals surface area (Å²) in [5.41, 5.74) is -1.28. The van der Waals surface area contributed by atoms with E-state index in [1.165, 1.54) is 7.11 Å². The monoisotopic (exact) mass is 518 g/mol. The summed E-state index contributed by atoms with van der Waals surface area (Å²) in [5, 5.41) is 17.5. The highest BCUT2D eigenvalue weighted by Crippen LogP contribution is 2.41. The Balaban J connectivity index is 1.97. The maximum absolute atomic E-state index is 13.5. The molecule has 0 aliphatic carbocycles. The van der Waals surface area contributed by atoms with Crippen LogP contribution in [-0.2, 0) is 10.5 Å². The van der Waals surface area contributed by atoms with Crippen molar-refractivity contribution in [2.75, 3.05) is 43.5 Å². The molecule has 9 heteroatoms. The minimum Gasteiger partial charge on any atom is -0.497 e. The number of hydrogen-bond acceptors (Lipinski definition) is 5. The van der Waals surface area contributed by atoms with Crippen LogP contribution in [0.15, 0.2) is 46.9 Å². The van der Waals surface area contributed by atoms with E-state index in [1.807, 2.05) is 0 Å². The Bertz CT molecular complexity index is 996. The molecule has 2 aromatic carbocycles. The van der Waals surface area contributed by atoms with Crippen LogP contribution in [0.2, 0.25) is 0 Å². The number of fused-ring (bicyclic) bond motifs is 1. The zero-order valence-electron chi connectivity index (χ0n) is 19.2. The van der Waals surface area contributed by atoms with Crippen molar-refractivity contribution in [1.82, 2.24) is 10.2 Å². The van der Waals surface area contributed by atoms with Gasteiger partial charge in [-0.2, -0.15) is 0 Å². The predicted molar refractivity (Wildman–Crippen MR) is 133 cm³/mol. The number of ether oxygens (including phenoxy) is 1. The van der Waals surface area contributed by atoms with Gasteiger partial charge in [0.05, 0.1) is 18.5 Å². The molecule has 3 N–H and O–H groups in total. The number of urea groups is 1. The largest absolute Gasteiger partial charge is 0.497 e. The fourth-order valence-electron chi connectivity index (χ4n) is 4.05. The number of nitrogens with one attached hydrogen (secondary N) is 2. The van der Waals surface area contributed by atoms with Gasteiger partial charge in [0.15, 0.2) is 0 Å². The number of methoxy groups -OCH3 is 1. The first-order valence-electron chi connectivity index (χ1n) is 11.1. The predicted octanol–water partition coefficient (Wildman–Crippen LogP) is 3.89. The molecule has 0 unspecified atom stereocenters. The number of carbonyl (C=O) groups is 2. The van der Waals surface area contributed by atoms with E-state index in [4.69, 9.17) is 4.74 Å². The van der Waals surface area contributed by atoms with Crippen molar-refractivity contribution < 1.29 is 19.4 Å². The van der Waals surface area contributed by atoms with Crippen molar-refractivity contribution in [2.45, 2.75) is 32.4 Å². The average molecular weight is 519 g/mol. The van der Waals surface area contributed by atoms with Crippen LogP contribution in [0, 0.1) is 0 Å². The van der Waals surface area contributed by atoms with Crippen LogP contribution in [-0.4, -0.2) is 55.2 Å². The molecule has 2 aromatic rings. The van der Waals surface area contributed by atoms with Crippen LogP contribution < -0.4 is 20.3 Å². The number of nitrogens with zero attached hydrogens (tertiary/aromatic N) is 2. The van der Waals surface area contributed by atoms with Gasteiger partial charge in [0.25, 0.3) is 11.6 Å². The molecule has 0 bridgehead atoms. The first kappa shape index (κ1) is 25.0. The van der Waals surface area contributed by atoms with Crippen LogP contribution >= 0.6 is 15.9 Å². The second-order valence-electron chi connectivity index (χ2n) is 7.93. The Morgan fingerprint density at radius 1 is 1.18 bits per heavy atom. The third kappa shape index (κ3) is 5.31. The summed E-state index contributed by atoms with van der Waals surface area (Å²) in [7, 11) is 1.51. The Labute approximate surface area is 203 Å². The molecule has 0 saturated heterocycles. The number of carbonyl (C=O) groups excluding carboxylic acids is 2. The van der Waals surface area contributed by atoms with E-state index >= 15 is 0 Å². The molecule has 1 aliphatic rings. The van der Waals surface area contributed by atoms with Crippen LogP contribution in [0.1, 0.15) is 32.3 Å². The van der Waals surface area contributed by atoms with Crippen molar-refractivity contribution in [3.05, 3.63) is 52.5 Å². The van der Waals surface area contributed by atoms with Gasteiger partial charge in [-0.25, -0.2) is 4.79 Å². The lowest BCUT2D eigenvalue weighted by molar-refractivity contribution is -0.140. The quantitative estimate of drug-likeness (QED) is 0.443. The average Bonchev–Trinajstić information content (AvgIpc) is 2.80. The molecule has 1 aliphatic heterocycles. The number of hydrogen-bond donors (Lipinski definition) is 3. The van der Waals surface area contributed by atoms with E-state index < -0.39 is 17.7 Å². The van der Waals surface area contributed by atoms with Gasteiger partial charge in [-0.15, -0.1) is 0 Å². The van der Waals surface area contributed by atoms with Crippen LogP contribution in [0.25, 0.3) is 0 Å². The van der Waals surface area contributed by atoms with E-state index in [-0.39, 0.29) is 5.56 Å². The summed E-state index contributed by atoms with van der Waals surface area (Å²) in [6.45, 7) is 7.10. The number of benzene rings is 2. The Hall–Kier alpha value is -2.62. The number of rotatable bonds is 10. The standard InChI is InChI=1S/C24H31BrN4O4/c1-4-12-28(13-5-2)14-11-26-22(30)24(32)20-15-17(25)9-10-21(20)27-23(31)29(24)18-7-6-8-19(16-18)33-3/h6-10,15-16,32H,4-5,11-14H2,1-3H3,(H,26,30)(H,27,31)/t24-/m0/s1. The molecular formula is C24H31BrN4O4. The summed E-state index contributed by atoms with van der Waals surface area (Å²) in [6, 6.07) is 11.1. The molecule has 1 heterocycles. The summed E-state index contributed by atoms with van der Waals surface area (Å²) in [4.78, 5) is 30.0. The molecule has 3 amide bonds. The fourth-order valence-corrected chi connectivity index (χ4v) is 4.41.